The van der Waals surface area contributed by atoms with Crippen LogP contribution in [-0.4, -0.2) is 66.4 Å². The maximum absolute atomic E-state index is 12.8. The third kappa shape index (κ3) is 6.62. The number of pyridine rings is 1. The fraction of sp³-hybridized carbons (Fsp3) is 0.458. The van der Waals surface area contributed by atoms with E-state index in [0.29, 0.717) is 39.0 Å². The summed E-state index contributed by atoms with van der Waals surface area (Å²) in [4.78, 5) is 33.9. The van der Waals surface area contributed by atoms with Gasteiger partial charge in [0.15, 0.2) is 0 Å². The number of piperazine rings is 1. The van der Waals surface area contributed by atoms with Gasteiger partial charge in [-0.3, -0.25) is 9.59 Å². The fourth-order valence-electron chi connectivity index (χ4n) is 3.76. The Balaban J connectivity index is 1.47. The molecule has 34 heavy (non-hydrogen) atoms. The Kier molecular flexibility index (Phi) is 8.41. The zero-order chi connectivity index (χ0) is 24.9. The first kappa shape index (κ1) is 25.8. The van der Waals surface area contributed by atoms with Gasteiger partial charge in [0.1, 0.15) is 5.82 Å². The third-order valence-electron chi connectivity index (χ3n) is 5.94. The van der Waals surface area contributed by atoms with E-state index in [1.54, 1.807) is 16.8 Å². The Labute approximate surface area is 202 Å². The van der Waals surface area contributed by atoms with Gasteiger partial charge >= 0.3 is 6.18 Å². The monoisotopic (exact) mass is 496 g/mol. The molecule has 1 fully saturated rings. The van der Waals surface area contributed by atoms with E-state index in [9.17, 15) is 22.8 Å². The summed E-state index contributed by atoms with van der Waals surface area (Å²) in [5.41, 5.74) is 1.42. The lowest BCUT2D eigenvalue weighted by Crippen LogP contribution is -2.51. The van der Waals surface area contributed by atoms with Crippen LogP contribution in [0.5, 0.6) is 0 Å². The molecule has 2 aromatic rings. The van der Waals surface area contributed by atoms with E-state index in [2.05, 4.69) is 24.0 Å². The van der Waals surface area contributed by atoms with Crippen LogP contribution in [0.4, 0.5) is 19.0 Å². The molecule has 1 aliphatic rings. The predicted octanol–water partition coefficient (Wildman–Crippen LogP) is 4.06. The van der Waals surface area contributed by atoms with Gasteiger partial charge in [-0.1, -0.05) is 42.8 Å². The first-order chi connectivity index (χ1) is 16.1. The summed E-state index contributed by atoms with van der Waals surface area (Å²) in [6.07, 6.45) is -1.85. The van der Waals surface area contributed by atoms with Crippen molar-refractivity contribution in [2.75, 3.05) is 44.7 Å². The van der Waals surface area contributed by atoms with E-state index in [1.807, 2.05) is 12.1 Å². The second kappa shape index (κ2) is 11.1. The summed E-state index contributed by atoms with van der Waals surface area (Å²) in [6, 6.07) is 9.02. The molecule has 0 bridgehead atoms. The van der Waals surface area contributed by atoms with Crippen molar-refractivity contribution in [1.29, 1.82) is 0 Å². The van der Waals surface area contributed by atoms with Gasteiger partial charge in [-0.15, -0.1) is 0 Å². The Morgan fingerprint density at radius 1 is 1.09 bits per heavy atom. The summed E-state index contributed by atoms with van der Waals surface area (Å²) in [5, 5.41) is -0.0794. The number of likely N-dealkylation sites (N-methyl/N-ethyl adjacent to an activating group) is 1. The van der Waals surface area contributed by atoms with Crippen LogP contribution in [-0.2, 0) is 28.6 Å². The van der Waals surface area contributed by atoms with Gasteiger partial charge in [0.25, 0.3) is 0 Å². The molecular weight excluding hydrogens is 469 g/mol. The molecule has 2 heterocycles. The number of halogens is 4. The standard InChI is InChI=1S/C24H28ClF3N4O2/c1-3-17-4-6-18(7-5-17)8-9-21(33)30(2)16-22(34)31-10-12-32(13-11-31)23-20(25)14-19(15-29-23)24(26,27)28/h4-7,14-15H,3,8-13,16H2,1-2H3. The molecule has 0 saturated carbocycles. The molecule has 10 heteroatoms. The summed E-state index contributed by atoms with van der Waals surface area (Å²) in [7, 11) is 1.61. The lowest BCUT2D eigenvalue weighted by Gasteiger charge is -2.36. The van der Waals surface area contributed by atoms with Gasteiger partial charge in [0, 0.05) is 45.8 Å². The SMILES string of the molecule is CCc1ccc(CCC(=O)N(C)CC(=O)N2CCN(c3ncc(C(F)(F)F)cc3Cl)CC2)cc1. The third-order valence-corrected chi connectivity index (χ3v) is 6.22. The van der Waals surface area contributed by atoms with Gasteiger partial charge in [-0.25, -0.2) is 4.98 Å². The number of aromatic nitrogens is 1. The molecule has 184 valence electrons. The van der Waals surface area contributed by atoms with Crippen LogP contribution >= 0.6 is 11.6 Å². The minimum Gasteiger partial charge on any atom is -0.352 e. The molecule has 1 aromatic heterocycles. The quantitative estimate of drug-likeness (QED) is 0.580. The van der Waals surface area contributed by atoms with Crippen LogP contribution in [0.2, 0.25) is 5.02 Å². The zero-order valence-corrected chi connectivity index (χ0v) is 20.0. The van der Waals surface area contributed by atoms with Crippen LogP contribution in [0.25, 0.3) is 0 Å². The van der Waals surface area contributed by atoms with E-state index >= 15 is 0 Å². The summed E-state index contributed by atoms with van der Waals surface area (Å²) >= 11 is 6.03. The van der Waals surface area contributed by atoms with Gasteiger partial charge in [0.05, 0.1) is 17.1 Å². The molecule has 1 aliphatic heterocycles. The Morgan fingerprint density at radius 3 is 2.26 bits per heavy atom. The number of carbonyl (C=O) groups excluding carboxylic acids is 2. The number of anilines is 1. The first-order valence-corrected chi connectivity index (χ1v) is 11.5. The number of hydrogen-bond acceptors (Lipinski definition) is 4. The second-order valence-corrected chi connectivity index (χ2v) is 8.72. The summed E-state index contributed by atoms with van der Waals surface area (Å²) < 4.78 is 38.5. The Hall–Kier alpha value is -2.81. The zero-order valence-electron chi connectivity index (χ0n) is 19.2. The van der Waals surface area contributed by atoms with Crippen LogP contribution in [0.1, 0.15) is 30.0 Å². The minimum atomic E-state index is -4.51. The molecule has 0 aliphatic carbocycles. The van der Waals surface area contributed by atoms with Crippen molar-refractivity contribution in [2.45, 2.75) is 32.4 Å². The van der Waals surface area contributed by atoms with Gasteiger partial charge in [-0.05, 0) is 30.0 Å². The average Bonchev–Trinajstić information content (AvgIpc) is 2.82. The van der Waals surface area contributed by atoms with Crippen molar-refractivity contribution in [3.63, 3.8) is 0 Å². The highest BCUT2D eigenvalue weighted by Gasteiger charge is 2.32. The number of aryl methyl sites for hydroxylation is 2. The largest absolute Gasteiger partial charge is 0.417 e. The van der Waals surface area contributed by atoms with Crippen molar-refractivity contribution in [2.24, 2.45) is 0 Å². The van der Waals surface area contributed by atoms with Crippen molar-refractivity contribution in [3.8, 4) is 0 Å². The van der Waals surface area contributed by atoms with E-state index in [4.69, 9.17) is 11.6 Å². The normalized spacial score (nSPS) is 14.3. The molecule has 3 rings (SSSR count). The van der Waals surface area contributed by atoms with Crippen LogP contribution < -0.4 is 4.90 Å². The van der Waals surface area contributed by atoms with Crippen molar-refractivity contribution in [3.05, 3.63) is 58.2 Å². The molecule has 0 atom stereocenters. The molecule has 0 spiro atoms. The molecule has 1 saturated heterocycles. The molecule has 0 N–H and O–H groups in total. The van der Waals surface area contributed by atoms with E-state index in [1.165, 1.54) is 10.5 Å². The lowest BCUT2D eigenvalue weighted by molar-refractivity contribution is -0.139. The number of carbonyl (C=O) groups is 2. The van der Waals surface area contributed by atoms with Crippen LogP contribution in [0.15, 0.2) is 36.5 Å². The number of amides is 2. The van der Waals surface area contributed by atoms with E-state index < -0.39 is 11.7 Å². The highest BCUT2D eigenvalue weighted by Crippen LogP contribution is 2.33. The molecule has 0 unspecified atom stereocenters. The number of hydrogen-bond donors (Lipinski definition) is 0. The average molecular weight is 497 g/mol. The Morgan fingerprint density at radius 2 is 1.71 bits per heavy atom. The van der Waals surface area contributed by atoms with Gasteiger partial charge in [-0.2, -0.15) is 13.2 Å². The van der Waals surface area contributed by atoms with E-state index in [-0.39, 0.29) is 29.2 Å². The van der Waals surface area contributed by atoms with Crippen molar-refractivity contribution >= 4 is 29.2 Å². The maximum Gasteiger partial charge on any atom is 0.417 e. The Bertz CT molecular complexity index is 1010. The summed E-state index contributed by atoms with van der Waals surface area (Å²) in [6.45, 7) is 3.57. The topological polar surface area (TPSA) is 56.8 Å². The fourth-order valence-corrected chi connectivity index (χ4v) is 4.05. The van der Waals surface area contributed by atoms with Crippen LogP contribution in [0.3, 0.4) is 0 Å². The highest BCUT2D eigenvalue weighted by molar-refractivity contribution is 6.33. The number of nitrogens with zero attached hydrogens (tertiary/aromatic N) is 4. The van der Waals surface area contributed by atoms with Crippen molar-refractivity contribution in [1.82, 2.24) is 14.8 Å². The molecule has 6 nitrogen and oxygen atoms in total. The van der Waals surface area contributed by atoms with Crippen molar-refractivity contribution < 1.29 is 22.8 Å². The molecule has 1 aromatic carbocycles. The summed E-state index contributed by atoms with van der Waals surface area (Å²) in [5.74, 6) is -0.0115. The molecule has 0 radical (unpaired) electrons. The van der Waals surface area contributed by atoms with E-state index in [0.717, 1.165) is 24.2 Å². The number of rotatable bonds is 7. The minimum absolute atomic E-state index is 0.0209. The predicted molar refractivity (Wildman–Crippen MR) is 125 cm³/mol. The number of alkyl halides is 3. The van der Waals surface area contributed by atoms with Gasteiger partial charge < -0.3 is 14.7 Å². The second-order valence-electron chi connectivity index (χ2n) is 8.31. The lowest BCUT2D eigenvalue weighted by atomic mass is 10.1. The van der Waals surface area contributed by atoms with Gasteiger partial charge in [0.2, 0.25) is 11.8 Å². The van der Waals surface area contributed by atoms with Crippen LogP contribution in [0, 0.1) is 0 Å². The molecule has 2 amide bonds. The highest BCUT2D eigenvalue weighted by atomic mass is 35.5. The maximum atomic E-state index is 12.8. The smallest absolute Gasteiger partial charge is 0.352 e. The first-order valence-electron chi connectivity index (χ1n) is 11.2. The number of benzene rings is 1. The molecular formula is C24H28ClF3N4O2.